The summed E-state index contributed by atoms with van der Waals surface area (Å²) in [7, 11) is 0. The molecule has 4 aliphatic heterocycles. The third-order valence-electron chi connectivity index (χ3n) is 18.3. The van der Waals surface area contributed by atoms with E-state index >= 15 is 0 Å². The molecule has 0 aliphatic carbocycles. The van der Waals surface area contributed by atoms with Crippen molar-refractivity contribution in [1.82, 2.24) is 47.9 Å². The van der Waals surface area contributed by atoms with Gasteiger partial charge in [-0.3, -0.25) is 43.2 Å². The molecule has 0 aromatic carbocycles. The number of aliphatic hydroxyl groups excluding tert-OH is 10. The highest BCUT2D eigenvalue weighted by molar-refractivity contribution is 5.90. The number of ether oxygens (including phenoxy) is 11. The van der Waals surface area contributed by atoms with E-state index in [9.17, 15) is 94.2 Å². The van der Waals surface area contributed by atoms with Gasteiger partial charge in [0, 0.05) is 90.9 Å². The lowest BCUT2D eigenvalue weighted by molar-refractivity contribution is -0.272. The molecular formula is C70H125N9O30. The van der Waals surface area contributed by atoms with E-state index in [0.717, 1.165) is 32.1 Å². The van der Waals surface area contributed by atoms with Crippen LogP contribution >= 0.6 is 0 Å². The lowest BCUT2D eigenvalue weighted by atomic mass is 9.96. The van der Waals surface area contributed by atoms with Gasteiger partial charge < -0.3 is 151 Å². The zero-order valence-corrected chi connectivity index (χ0v) is 63.7. The number of carbonyl (C=O) groups is 9. The molecule has 4 rings (SSSR count). The molecule has 109 heavy (non-hydrogen) atoms. The average molecular weight is 1570 g/mol. The van der Waals surface area contributed by atoms with Crippen LogP contribution in [0.5, 0.6) is 0 Å². The number of unbranched alkanes of at least 4 members (excludes halogenated alkanes) is 7. The van der Waals surface area contributed by atoms with Crippen molar-refractivity contribution in [3.05, 3.63) is 0 Å². The molecule has 630 valence electrons. The molecule has 4 fully saturated rings. The van der Waals surface area contributed by atoms with E-state index in [1.54, 1.807) is 0 Å². The summed E-state index contributed by atoms with van der Waals surface area (Å²) < 4.78 is 62.8. The highest BCUT2D eigenvalue weighted by Crippen LogP contribution is 2.28. The number of amides is 9. The molecule has 0 spiro atoms. The van der Waals surface area contributed by atoms with Gasteiger partial charge in [0.2, 0.25) is 53.2 Å². The zero-order chi connectivity index (χ0) is 80.4. The maximum absolute atomic E-state index is 13.9. The molecular weight excluding hydrogens is 1450 g/mol. The van der Waals surface area contributed by atoms with Crippen molar-refractivity contribution in [2.75, 3.05) is 125 Å². The second kappa shape index (κ2) is 52.7. The van der Waals surface area contributed by atoms with E-state index in [-0.39, 0.29) is 143 Å². The van der Waals surface area contributed by atoms with Crippen molar-refractivity contribution >= 4 is 53.2 Å². The second-order valence-corrected chi connectivity index (χ2v) is 28.5. The smallest absolute Gasteiger partial charge is 0.242 e. The molecule has 0 aromatic rings. The number of nitrogens with one attached hydrogen (secondary N) is 9. The van der Waals surface area contributed by atoms with Gasteiger partial charge in [-0.25, -0.2) is 0 Å². The first kappa shape index (κ1) is 95.8. The first-order valence-electron chi connectivity index (χ1n) is 37.8. The van der Waals surface area contributed by atoms with Crippen LogP contribution in [0.1, 0.15) is 138 Å². The Bertz CT molecular complexity index is 2680. The van der Waals surface area contributed by atoms with E-state index in [1.165, 1.54) is 20.8 Å². The number of rotatable bonds is 52. The van der Waals surface area contributed by atoms with Crippen molar-refractivity contribution < 1.29 is 146 Å². The monoisotopic (exact) mass is 1570 g/mol. The molecule has 0 saturated carbocycles. The minimum atomic E-state index is -1.56. The zero-order valence-electron chi connectivity index (χ0n) is 63.7. The largest absolute Gasteiger partial charge is 0.396 e. The third kappa shape index (κ3) is 36.8. The fourth-order valence-corrected chi connectivity index (χ4v) is 12.5. The number of hydrogen-bond donors (Lipinski definition) is 19. The lowest BCUT2D eigenvalue weighted by Crippen LogP contribution is -2.64. The Morgan fingerprint density at radius 2 is 0.807 bits per heavy atom. The second-order valence-electron chi connectivity index (χ2n) is 28.5. The van der Waals surface area contributed by atoms with Crippen molar-refractivity contribution in [1.29, 1.82) is 0 Å². The highest BCUT2D eigenvalue weighted by Gasteiger charge is 2.47. The molecule has 0 bridgehead atoms. The Kier molecular flexibility index (Phi) is 46.3. The summed E-state index contributed by atoms with van der Waals surface area (Å²) in [6.45, 7) is 6.41. The Morgan fingerprint density at radius 1 is 0.422 bits per heavy atom. The van der Waals surface area contributed by atoms with Crippen molar-refractivity contribution in [3.63, 3.8) is 0 Å². The van der Waals surface area contributed by atoms with Crippen molar-refractivity contribution in [2.24, 2.45) is 11.8 Å². The average Bonchev–Trinajstić information content (AvgIpc) is 1.71. The maximum Gasteiger partial charge on any atom is 0.242 e. The number of hydrogen-bond acceptors (Lipinski definition) is 30. The Hall–Kier alpha value is -5.61. The molecule has 0 aromatic heterocycles. The van der Waals surface area contributed by atoms with E-state index < -0.39 is 189 Å². The van der Waals surface area contributed by atoms with Gasteiger partial charge in [-0.15, -0.1) is 0 Å². The lowest BCUT2D eigenvalue weighted by Gasteiger charge is -2.42. The molecule has 39 nitrogen and oxygen atoms in total. The summed E-state index contributed by atoms with van der Waals surface area (Å²) in [6.07, 6.45) is -8.87. The first-order valence-corrected chi connectivity index (χ1v) is 37.8. The van der Waals surface area contributed by atoms with Gasteiger partial charge in [-0.1, -0.05) is 38.5 Å². The van der Waals surface area contributed by atoms with Crippen LogP contribution in [0.25, 0.3) is 0 Å². The van der Waals surface area contributed by atoms with Crippen LogP contribution in [0.2, 0.25) is 0 Å². The van der Waals surface area contributed by atoms with Gasteiger partial charge in [0.25, 0.3) is 0 Å². The van der Waals surface area contributed by atoms with Gasteiger partial charge in [0.05, 0.1) is 129 Å². The van der Waals surface area contributed by atoms with Crippen LogP contribution < -0.4 is 47.9 Å². The normalized spacial score (nSPS) is 27.7. The van der Waals surface area contributed by atoms with Gasteiger partial charge in [-0.2, -0.15) is 0 Å². The Morgan fingerprint density at radius 3 is 1.24 bits per heavy atom. The summed E-state index contributed by atoms with van der Waals surface area (Å²) in [5.74, 6) is -6.58. The van der Waals surface area contributed by atoms with Crippen LogP contribution in [0.4, 0.5) is 0 Å². The predicted molar refractivity (Wildman–Crippen MR) is 381 cm³/mol. The van der Waals surface area contributed by atoms with Crippen LogP contribution in [0.15, 0.2) is 0 Å². The summed E-state index contributed by atoms with van der Waals surface area (Å²) >= 11 is 0. The van der Waals surface area contributed by atoms with Crippen LogP contribution in [0, 0.1) is 11.8 Å². The summed E-state index contributed by atoms with van der Waals surface area (Å²) in [4.78, 5) is 117. The van der Waals surface area contributed by atoms with Crippen LogP contribution in [-0.2, 0) is 95.3 Å². The van der Waals surface area contributed by atoms with Gasteiger partial charge in [0.15, 0.2) is 18.9 Å². The SMILES string of the molecule is CC(=O)NC1C(OCCOCCNC(=O)CCC(NC(=O)CCC(NC(=O)CCCCCCCCCCC(=O)NC[C@H]2C[C@@H](OC(C)(C)C)[C@H](CO)O2)C(=O)NCCOCCOC2O[C@H](CO)C(O)C(O)C2NC(C)=O)C(=O)NCCOCCOC2OCC(CO)C(O)C(O)C2NC(C)=O)OCC(CO)C(O)C1O. The Balaban J connectivity index is 1.33. The molecule has 20 atom stereocenters. The maximum atomic E-state index is 13.9. The van der Waals surface area contributed by atoms with E-state index in [1.807, 2.05) is 20.8 Å². The summed E-state index contributed by atoms with van der Waals surface area (Å²) in [6, 6.07) is -6.18. The molecule has 0 radical (unpaired) electrons. The minimum Gasteiger partial charge on any atom is -0.396 e. The third-order valence-corrected chi connectivity index (χ3v) is 18.3. The molecule has 39 heteroatoms. The topological polar surface area (TPSA) is 566 Å². The van der Waals surface area contributed by atoms with Crippen molar-refractivity contribution in [2.45, 2.75) is 254 Å². The van der Waals surface area contributed by atoms with E-state index in [2.05, 4.69) is 47.9 Å². The fourth-order valence-electron chi connectivity index (χ4n) is 12.5. The van der Waals surface area contributed by atoms with Crippen LogP contribution in [-0.4, -0.2) is 345 Å². The van der Waals surface area contributed by atoms with E-state index in [4.69, 9.17) is 52.1 Å². The fraction of sp³-hybridized carbons (Fsp3) is 0.871. The standard InChI is InChI=1S/C70H125N9O30/c1-41(84)75-56-62(94)59(91)44(35-80)39-105-67(56)102-30-27-99-24-21-71-53(88)19-17-47(65(97)72-22-25-100-28-31-103-68-57(76-42(2)85)63(95)60(92)45(36-81)40-106-68)79-55(90)20-18-48(66(98)73-23-26-101-29-32-104-69-58(77-43(3)86)64(96)61(93)51(38-83)108-69)78-54(89)16-14-12-10-8-7-9-11-13-15-52(87)74-34-46-33-49(50(37-82)107-46)109-70(4,5)6/h44-51,56-64,67-69,80-83,91-96H,7-40H2,1-6H3,(H,71,88)(H,72,97)(H,73,98)(H,74,87)(H,75,84)(H,76,85)(H,77,86)(H,78,89)(H,79,90)/t44?,45?,46-,47?,48?,49-,50+,51-,56?,57?,58?,59?,60?,61?,62?,63?,64?,67?,68?,69?/m1/s1. The highest BCUT2D eigenvalue weighted by atomic mass is 16.7. The van der Waals surface area contributed by atoms with Gasteiger partial charge in [0.1, 0.15) is 66.8 Å². The van der Waals surface area contributed by atoms with Crippen LogP contribution in [0.3, 0.4) is 0 Å². The summed E-state index contributed by atoms with van der Waals surface area (Å²) in [5.41, 5.74) is -0.404. The minimum absolute atomic E-state index is 0.0159. The van der Waals surface area contributed by atoms with Gasteiger partial charge >= 0.3 is 0 Å². The summed E-state index contributed by atoms with van der Waals surface area (Å²) in [5, 5.41) is 126. The van der Waals surface area contributed by atoms with Crippen molar-refractivity contribution in [3.8, 4) is 0 Å². The molecule has 4 aliphatic rings. The Labute approximate surface area is 635 Å². The molecule has 16 unspecified atom stereocenters. The first-order chi connectivity index (χ1) is 52.0. The molecule has 4 saturated heterocycles. The molecule has 19 N–H and O–H groups in total. The number of carbonyl (C=O) groups excluding carboxylic acids is 9. The number of aliphatic hydroxyl groups is 10. The predicted octanol–water partition coefficient (Wildman–Crippen LogP) is -6.36. The van der Waals surface area contributed by atoms with E-state index in [0.29, 0.717) is 38.6 Å². The quantitative estimate of drug-likeness (QED) is 0.0252. The molecule has 4 heterocycles. The van der Waals surface area contributed by atoms with Gasteiger partial charge in [-0.05, 0) is 46.5 Å². The molecule has 9 amide bonds.